The molecule has 3 fully saturated rings. The van der Waals surface area contributed by atoms with Crippen LogP contribution in [0.3, 0.4) is 0 Å². The number of hydrogen-bond donors (Lipinski definition) is 0. The summed E-state index contributed by atoms with van der Waals surface area (Å²) in [5.41, 5.74) is 0. The average molecular weight is 555 g/mol. The van der Waals surface area contributed by atoms with Crippen molar-refractivity contribution in [2.75, 3.05) is 37.7 Å². The van der Waals surface area contributed by atoms with E-state index in [1.165, 1.54) is 12.5 Å². The van der Waals surface area contributed by atoms with Gasteiger partial charge < -0.3 is 19.1 Å². The molecule has 0 N–H and O–H groups in total. The summed E-state index contributed by atoms with van der Waals surface area (Å²) in [5.74, 6) is 2.91. The first-order valence-corrected chi connectivity index (χ1v) is 14.2. The summed E-state index contributed by atoms with van der Waals surface area (Å²) in [6.07, 6.45) is 19.2. The fraction of sp³-hybridized carbons (Fsp3) is 0.517. The number of anilines is 1. The maximum atomic E-state index is 13.5. The molecule has 1 saturated carbocycles. The molecule has 10 heteroatoms. The average Bonchev–Trinajstić information content (AvgIpc) is 3.47. The first-order valence-electron chi connectivity index (χ1n) is 13.8. The molecule has 0 spiro atoms. The third-order valence-corrected chi connectivity index (χ3v) is 8.23. The molecule has 0 aromatic carbocycles. The molecule has 5 rings (SSSR count). The van der Waals surface area contributed by atoms with E-state index in [4.69, 9.17) is 16.3 Å². The molecule has 0 bridgehead atoms. The predicted octanol–water partition coefficient (Wildman–Crippen LogP) is 5.37. The molecule has 2 aromatic rings. The number of allylic oxidation sites excluding steroid dienone is 4. The Balaban J connectivity index is 0.978. The van der Waals surface area contributed by atoms with Crippen molar-refractivity contribution in [1.29, 1.82) is 0 Å². The molecule has 39 heavy (non-hydrogen) atoms. The molecule has 1 amide bonds. The molecule has 2 aromatic heterocycles. The van der Waals surface area contributed by atoms with Gasteiger partial charge in [0.1, 0.15) is 11.6 Å². The van der Waals surface area contributed by atoms with Gasteiger partial charge in [-0.3, -0.25) is 4.79 Å². The molecule has 1 aliphatic carbocycles. The van der Waals surface area contributed by atoms with Crippen LogP contribution >= 0.6 is 11.6 Å². The van der Waals surface area contributed by atoms with E-state index in [1.807, 2.05) is 21.7 Å². The molecule has 208 valence electrons. The minimum absolute atomic E-state index is 0.128. The number of nitrogens with zero attached hydrogens (tertiary/aromatic N) is 6. The second kappa shape index (κ2) is 12.8. The Bertz CT molecular complexity index is 1170. The third kappa shape index (κ3) is 7.47. The summed E-state index contributed by atoms with van der Waals surface area (Å²) in [6, 6.07) is 0.313. The van der Waals surface area contributed by atoms with Gasteiger partial charge in [-0.1, -0.05) is 24.3 Å². The van der Waals surface area contributed by atoms with E-state index in [0.29, 0.717) is 55.3 Å². The van der Waals surface area contributed by atoms with Crippen molar-refractivity contribution in [2.45, 2.75) is 44.6 Å². The SMILES string of the molecule is C=C(F)/C=C(\C=C/CCC(=O)N1CC(n2ccnc2)C1)OCCC1CC1C1CCN(c2ncc(Cl)cn2)CC1. The quantitative estimate of drug-likeness (QED) is 0.259. The number of likely N-dealkylation sites (tertiary alicyclic amines) is 1. The summed E-state index contributed by atoms with van der Waals surface area (Å²) in [6.45, 7) is 7.25. The van der Waals surface area contributed by atoms with Gasteiger partial charge in [-0.15, -0.1) is 0 Å². The van der Waals surface area contributed by atoms with Crippen LogP contribution in [0.5, 0.6) is 0 Å². The first-order chi connectivity index (χ1) is 19.0. The molecular formula is C29H36ClFN6O2. The number of hydrogen-bond acceptors (Lipinski definition) is 6. The number of amides is 1. The number of halogens is 2. The Kier molecular flexibility index (Phi) is 8.96. The number of ether oxygens (including phenoxy) is 1. The van der Waals surface area contributed by atoms with Crippen molar-refractivity contribution in [2.24, 2.45) is 17.8 Å². The zero-order valence-electron chi connectivity index (χ0n) is 22.2. The number of imidazole rings is 1. The topological polar surface area (TPSA) is 76.4 Å². The van der Waals surface area contributed by atoms with Gasteiger partial charge in [0.25, 0.3) is 0 Å². The molecule has 3 aliphatic rings. The highest BCUT2D eigenvalue weighted by Crippen LogP contribution is 2.50. The lowest BCUT2D eigenvalue weighted by molar-refractivity contribution is -0.136. The second-order valence-electron chi connectivity index (χ2n) is 10.7. The highest BCUT2D eigenvalue weighted by Gasteiger charge is 2.43. The van der Waals surface area contributed by atoms with Crippen molar-refractivity contribution < 1.29 is 13.9 Å². The van der Waals surface area contributed by atoms with Crippen LogP contribution in [-0.2, 0) is 9.53 Å². The van der Waals surface area contributed by atoms with Gasteiger partial charge >= 0.3 is 0 Å². The Hall–Kier alpha value is -3.20. The highest BCUT2D eigenvalue weighted by atomic mass is 35.5. The maximum Gasteiger partial charge on any atom is 0.225 e. The van der Waals surface area contributed by atoms with Gasteiger partial charge in [0.05, 0.1) is 36.4 Å². The molecule has 2 unspecified atom stereocenters. The first kappa shape index (κ1) is 27.4. The lowest BCUT2D eigenvalue weighted by atomic mass is 9.90. The zero-order valence-corrected chi connectivity index (χ0v) is 22.9. The summed E-state index contributed by atoms with van der Waals surface area (Å²) in [7, 11) is 0. The standard InChI is InChI=1S/C29H36ClFN6O2/c1-21(31)14-26(4-2-3-5-28(38)37-18-25(19-37)36-12-9-32-20-36)39-13-8-23-15-27(23)22-6-10-35(11-7-22)29-33-16-24(30)17-34-29/h2,4,9,12,14,16-17,20,22-23,25,27H,1,3,5-8,10-11,13,15,18-19H2/b4-2-,26-14+. The van der Waals surface area contributed by atoms with Gasteiger partial charge in [0.15, 0.2) is 0 Å². The van der Waals surface area contributed by atoms with E-state index in [2.05, 4.69) is 26.4 Å². The van der Waals surface area contributed by atoms with Crippen LogP contribution in [0.1, 0.15) is 44.6 Å². The Morgan fingerprint density at radius 2 is 2.00 bits per heavy atom. The van der Waals surface area contributed by atoms with E-state index < -0.39 is 5.83 Å². The number of piperidine rings is 1. The third-order valence-electron chi connectivity index (χ3n) is 8.04. The number of carbonyl (C=O) groups is 1. The van der Waals surface area contributed by atoms with E-state index in [0.717, 1.165) is 50.1 Å². The van der Waals surface area contributed by atoms with Crippen molar-refractivity contribution in [3.05, 3.63) is 72.5 Å². The molecule has 4 heterocycles. The summed E-state index contributed by atoms with van der Waals surface area (Å²) in [5, 5.41) is 0.554. The molecule has 2 aliphatic heterocycles. The number of rotatable bonds is 12. The predicted molar refractivity (Wildman–Crippen MR) is 149 cm³/mol. The van der Waals surface area contributed by atoms with Crippen LogP contribution in [0, 0.1) is 17.8 Å². The van der Waals surface area contributed by atoms with Gasteiger partial charge in [-0.05, 0) is 55.9 Å². The monoisotopic (exact) mass is 554 g/mol. The zero-order chi connectivity index (χ0) is 27.2. The molecule has 2 saturated heterocycles. The molecule has 2 atom stereocenters. The van der Waals surface area contributed by atoms with Crippen molar-refractivity contribution >= 4 is 23.5 Å². The largest absolute Gasteiger partial charge is 0.493 e. The summed E-state index contributed by atoms with van der Waals surface area (Å²) < 4.78 is 21.4. The van der Waals surface area contributed by atoms with Crippen molar-refractivity contribution in [1.82, 2.24) is 24.4 Å². The fourth-order valence-corrected chi connectivity index (χ4v) is 5.79. The van der Waals surface area contributed by atoms with Crippen LogP contribution in [0.15, 0.2) is 67.5 Å². The molecule has 8 nitrogen and oxygen atoms in total. The van der Waals surface area contributed by atoms with E-state index >= 15 is 0 Å². The van der Waals surface area contributed by atoms with Crippen LogP contribution < -0.4 is 4.90 Å². The Morgan fingerprint density at radius 1 is 1.23 bits per heavy atom. The van der Waals surface area contributed by atoms with Gasteiger partial charge in [0, 0.05) is 51.1 Å². The van der Waals surface area contributed by atoms with Crippen LogP contribution in [0.25, 0.3) is 0 Å². The maximum absolute atomic E-state index is 13.5. The van der Waals surface area contributed by atoms with E-state index in [9.17, 15) is 9.18 Å². The highest BCUT2D eigenvalue weighted by molar-refractivity contribution is 6.30. The normalized spacial score (nSPS) is 22.3. The fourth-order valence-electron chi connectivity index (χ4n) is 5.69. The van der Waals surface area contributed by atoms with E-state index in [1.54, 1.807) is 31.0 Å². The Morgan fingerprint density at radius 3 is 2.69 bits per heavy atom. The van der Waals surface area contributed by atoms with Crippen LogP contribution in [0.4, 0.5) is 10.3 Å². The number of carbonyl (C=O) groups excluding carboxylic acids is 1. The number of aromatic nitrogens is 4. The van der Waals surface area contributed by atoms with E-state index in [-0.39, 0.29) is 5.91 Å². The minimum Gasteiger partial charge on any atom is -0.493 e. The minimum atomic E-state index is -0.544. The smallest absolute Gasteiger partial charge is 0.225 e. The lowest BCUT2D eigenvalue weighted by Crippen LogP contribution is -2.50. The Labute approximate surface area is 234 Å². The van der Waals surface area contributed by atoms with Gasteiger partial charge in [-0.25, -0.2) is 19.3 Å². The lowest BCUT2D eigenvalue weighted by Gasteiger charge is -2.39. The second-order valence-corrected chi connectivity index (χ2v) is 11.2. The molecule has 0 radical (unpaired) electrons. The molecular weight excluding hydrogens is 519 g/mol. The van der Waals surface area contributed by atoms with Crippen LogP contribution in [0.2, 0.25) is 5.02 Å². The van der Waals surface area contributed by atoms with Gasteiger partial charge in [-0.2, -0.15) is 0 Å². The summed E-state index contributed by atoms with van der Waals surface area (Å²) >= 11 is 5.90. The van der Waals surface area contributed by atoms with Crippen molar-refractivity contribution in [3.63, 3.8) is 0 Å². The van der Waals surface area contributed by atoms with Crippen LogP contribution in [-0.4, -0.2) is 63.1 Å². The van der Waals surface area contributed by atoms with Crippen molar-refractivity contribution in [3.8, 4) is 0 Å². The van der Waals surface area contributed by atoms with Gasteiger partial charge in [0.2, 0.25) is 11.9 Å². The summed E-state index contributed by atoms with van der Waals surface area (Å²) in [4.78, 5) is 29.2.